The third kappa shape index (κ3) is 3.03. The van der Waals surface area contributed by atoms with Crippen LogP contribution in [0.4, 0.5) is 4.79 Å². The van der Waals surface area contributed by atoms with Gasteiger partial charge in [0.05, 0.1) is 0 Å². The lowest BCUT2D eigenvalue weighted by Crippen LogP contribution is -2.45. The van der Waals surface area contributed by atoms with Gasteiger partial charge in [0.15, 0.2) is 0 Å². The molecular formula is C17H26N2O2. The van der Waals surface area contributed by atoms with Crippen molar-refractivity contribution in [3.8, 4) is 12.3 Å². The van der Waals surface area contributed by atoms with Gasteiger partial charge in [-0.25, -0.2) is 4.79 Å². The molecule has 2 aliphatic heterocycles. The van der Waals surface area contributed by atoms with Crippen LogP contribution in [0.1, 0.15) is 33.6 Å². The molecule has 0 bridgehead atoms. The number of fused-ring (bicyclic) bond motifs is 1. The quantitative estimate of drug-likeness (QED) is 0.694. The van der Waals surface area contributed by atoms with E-state index in [9.17, 15) is 4.79 Å². The molecule has 2 heterocycles. The second-order valence-corrected chi connectivity index (χ2v) is 7.85. The van der Waals surface area contributed by atoms with Crippen LogP contribution < -0.4 is 0 Å². The number of nitrogens with zero attached hydrogens (tertiary/aromatic N) is 2. The van der Waals surface area contributed by atoms with Crippen molar-refractivity contribution < 1.29 is 9.53 Å². The summed E-state index contributed by atoms with van der Waals surface area (Å²) < 4.78 is 5.47. The predicted octanol–water partition coefficient (Wildman–Crippen LogP) is 2.20. The molecular weight excluding hydrogens is 264 g/mol. The summed E-state index contributed by atoms with van der Waals surface area (Å²) in [5, 5.41) is 0. The van der Waals surface area contributed by atoms with Gasteiger partial charge in [0.25, 0.3) is 0 Å². The number of hydrogen-bond donors (Lipinski definition) is 0. The topological polar surface area (TPSA) is 32.8 Å². The highest BCUT2D eigenvalue weighted by Gasteiger charge is 2.46. The van der Waals surface area contributed by atoms with Gasteiger partial charge >= 0.3 is 6.09 Å². The average Bonchev–Trinajstić information content (AvgIpc) is 2.82. The van der Waals surface area contributed by atoms with Crippen LogP contribution in [0.25, 0.3) is 0 Å². The Kier molecular flexibility index (Phi) is 3.65. The summed E-state index contributed by atoms with van der Waals surface area (Å²) in [6, 6.07) is 0.687. The molecule has 0 aromatic rings. The average molecular weight is 290 g/mol. The first-order chi connectivity index (χ1) is 9.85. The van der Waals surface area contributed by atoms with Gasteiger partial charge in [-0.15, -0.1) is 12.3 Å². The smallest absolute Gasteiger partial charge is 0.410 e. The summed E-state index contributed by atoms with van der Waals surface area (Å²) in [6.45, 7) is 9.69. The number of amides is 1. The minimum Gasteiger partial charge on any atom is -0.444 e. The maximum absolute atomic E-state index is 12.1. The van der Waals surface area contributed by atoms with E-state index in [4.69, 9.17) is 11.2 Å². The van der Waals surface area contributed by atoms with E-state index in [-0.39, 0.29) is 6.09 Å². The van der Waals surface area contributed by atoms with Crippen molar-refractivity contribution in [3.63, 3.8) is 0 Å². The van der Waals surface area contributed by atoms with Crippen LogP contribution in [-0.4, -0.2) is 53.7 Å². The summed E-state index contributed by atoms with van der Waals surface area (Å²) in [5.41, 5.74) is -0.406. The fraction of sp³-hybridized carbons (Fsp3) is 0.824. The van der Waals surface area contributed by atoms with Crippen molar-refractivity contribution in [3.05, 3.63) is 0 Å². The zero-order valence-corrected chi connectivity index (χ0v) is 13.3. The van der Waals surface area contributed by atoms with Gasteiger partial charge in [0.2, 0.25) is 0 Å². The first kappa shape index (κ1) is 14.7. The van der Waals surface area contributed by atoms with Gasteiger partial charge in [-0.2, -0.15) is 0 Å². The Morgan fingerprint density at radius 3 is 2.19 bits per heavy atom. The molecule has 2 atom stereocenters. The molecule has 3 fully saturated rings. The van der Waals surface area contributed by atoms with E-state index in [1.807, 2.05) is 25.7 Å². The number of hydrogen-bond acceptors (Lipinski definition) is 3. The zero-order chi connectivity index (χ0) is 15.2. The summed E-state index contributed by atoms with van der Waals surface area (Å²) in [6.07, 6.45) is 7.63. The van der Waals surface area contributed by atoms with Crippen molar-refractivity contribution in [1.29, 1.82) is 0 Å². The Bertz CT molecular complexity index is 442. The summed E-state index contributed by atoms with van der Waals surface area (Å²) >= 11 is 0. The Balaban J connectivity index is 1.48. The second kappa shape index (κ2) is 5.21. The highest BCUT2D eigenvalue weighted by molar-refractivity contribution is 5.68. The van der Waals surface area contributed by atoms with Crippen LogP contribution in [0, 0.1) is 30.1 Å². The lowest BCUT2D eigenvalue weighted by atomic mass is 9.80. The van der Waals surface area contributed by atoms with Crippen LogP contribution in [0.2, 0.25) is 0 Å². The number of carbonyl (C=O) groups is 1. The molecule has 116 valence electrons. The van der Waals surface area contributed by atoms with Gasteiger partial charge in [-0.05, 0) is 45.4 Å². The molecule has 4 nitrogen and oxygen atoms in total. The fourth-order valence-electron chi connectivity index (χ4n) is 3.83. The monoisotopic (exact) mass is 290 g/mol. The second-order valence-electron chi connectivity index (χ2n) is 7.85. The molecule has 1 aliphatic carbocycles. The van der Waals surface area contributed by atoms with E-state index in [0.29, 0.717) is 23.8 Å². The van der Waals surface area contributed by atoms with Crippen LogP contribution in [0.3, 0.4) is 0 Å². The molecule has 0 aromatic heterocycles. The molecule has 0 radical (unpaired) electrons. The lowest BCUT2D eigenvalue weighted by Gasteiger charge is -2.39. The minimum absolute atomic E-state index is 0.153. The molecule has 1 saturated carbocycles. The predicted molar refractivity (Wildman–Crippen MR) is 81.7 cm³/mol. The van der Waals surface area contributed by atoms with E-state index in [0.717, 1.165) is 39.0 Å². The first-order valence-electron chi connectivity index (χ1n) is 8.04. The Morgan fingerprint density at radius 2 is 1.71 bits per heavy atom. The highest BCUT2D eigenvalue weighted by atomic mass is 16.6. The van der Waals surface area contributed by atoms with E-state index >= 15 is 0 Å². The van der Waals surface area contributed by atoms with Gasteiger partial charge in [0.1, 0.15) is 5.60 Å². The van der Waals surface area contributed by atoms with E-state index in [1.54, 1.807) is 0 Å². The fourth-order valence-corrected chi connectivity index (χ4v) is 3.83. The Hall–Kier alpha value is -1.21. The molecule has 0 N–H and O–H groups in total. The first-order valence-corrected chi connectivity index (χ1v) is 8.04. The SMILES string of the molecule is C#CC1CC(N2CC3CN(C(=O)OC(C)(C)C)CC3C2)C1. The van der Waals surface area contributed by atoms with Gasteiger partial charge < -0.3 is 9.64 Å². The lowest BCUT2D eigenvalue weighted by molar-refractivity contribution is 0.0263. The molecule has 0 spiro atoms. The number of rotatable bonds is 1. The Labute approximate surface area is 127 Å². The minimum atomic E-state index is -0.406. The molecule has 3 aliphatic rings. The number of terminal acetylenes is 1. The molecule has 4 heteroatoms. The molecule has 1 amide bonds. The van der Waals surface area contributed by atoms with Crippen LogP contribution >= 0.6 is 0 Å². The third-order valence-electron chi connectivity index (χ3n) is 5.03. The maximum atomic E-state index is 12.1. The number of ether oxygens (including phenoxy) is 1. The van der Waals surface area contributed by atoms with E-state index in [1.165, 1.54) is 0 Å². The molecule has 0 aromatic carbocycles. The summed E-state index contributed by atoms with van der Waals surface area (Å²) in [5.74, 6) is 4.57. The van der Waals surface area contributed by atoms with Crippen molar-refractivity contribution in [2.75, 3.05) is 26.2 Å². The number of likely N-dealkylation sites (tertiary alicyclic amines) is 2. The maximum Gasteiger partial charge on any atom is 0.410 e. The number of carbonyl (C=O) groups excluding carboxylic acids is 1. The standard InChI is InChI=1S/C17H26N2O2/c1-5-12-6-15(7-12)18-8-13-10-19(11-14(13)9-18)16(20)21-17(2,3)4/h1,12-15H,6-11H2,2-4H3. The van der Waals surface area contributed by atoms with Crippen LogP contribution in [0.5, 0.6) is 0 Å². The van der Waals surface area contributed by atoms with Gasteiger partial charge in [-0.3, -0.25) is 4.90 Å². The third-order valence-corrected chi connectivity index (χ3v) is 5.03. The zero-order valence-electron chi connectivity index (χ0n) is 13.3. The van der Waals surface area contributed by atoms with Crippen LogP contribution in [-0.2, 0) is 4.74 Å². The van der Waals surface area contributed by atoms with Crippen molar-refractivity contribution in [2.45, 2.75) is 45.3 Å². The van der Waals surface area contributed by atoms with Crippen molar-refractivity contribution >= 4 is 6.09 Å². The van der Waals surface area contributed by atoms with Crippen molar-refractivity contribution in [2.24, 2.45) is 17.8 Å². The summed E-state index contributed by atoms with van der Waals surface area (Å²) in [7, 11) is 0. The summed E-state index contributed by atoms with van der Waals surface area (Å²) in [4.78, 5) is 16.6. The van der Waals surface area contributed by atoms with Gasteiger partial charge in [-0.1, -0.05) is 0 Å². The molecule has 21 heavy (non-hydrogen) atoms. The largest absolute Gasteiger partial charge is 0.444 e. The molecule has 3 rings (SSSR count). The Morgan fingerprint density at radius 1 is 1.14 bits per heavy atom. The van der Waals surface area contributed by atoms with Gasteiger partial charge in [0, 0.05) is 38.1 Å². The normalized spacial score (nSPS) is 36.0. The molecule has 2 saturated heterocycles. The van der Waals surface area contributed by atoms with E-state index in [2.05, 4.69) is 10.8 Å². The molecule has 2 unspecified atom stereocenters. The van der Waals surface area contributed by atoms with Crippen molar-refractivity contribution in [1.82, 2.24) is 9.80 Å². The highest BCUT2D eigenvalue weighted by Crippen LogP contribution is 2.38. The van der Waals surface area contributed by atoms with Crippen LogP contribution in [0.15, 0.2) is 0 Å². The van der Waals surface area contributed by atoms with E-state index < -0.39 is 5.60 Å².